The number of likely N-dealkylation sites (N-methyl/N-ethyl adjacent to an activating group) is 1. The Labute approximate surface area is 118 Å². The summed E-state index contributed by atoms with van der Waals surface area (Å²) in [5.41, 5.74) is 0. The number of hydrogen-bond acceptors (Lipinski definition) is 3. The van der Waals surface area contributed by atoms with Gasteiger partial charge in [-0.1, -0.05) is 6.92 Å². The zero-order valence-electron chi connectivity index (χ0n) is 10.1. The van der Waals surface area contributed by atoms with Crippen molar-refractivity contribution in [2.45, 2.75) is 25.9 Å². The van der Waals surface area contributed by atoms with Gasteiger partial charge in [-0.25, -0.2) is 9.59 Å². The highest BCUT2D eigenvalue weighted by molar-refractivity contribution is 9.10. The van der Waals surface area contributed by atoms with Gasteiger partial charge in [-0.15, -0.1) is 11.3 Å². The van der Waals surface area contributed by atoms with E-state index in [1.54, 1.807) is 6.92 Å². The largest absolute Gasteiger partial charge is 0.480 e. The van der Waals surface area contributed by atoms with E-state index in [0.717, 1.165) is 9.35 Å². The van der Waals surface area contributed by atoms with Crippen molar-refractivity contribution < 1.29 is 14.7 Å². The third kappa shape index (κ3) is 3.99. The molecule has 0 saturated carbocycles. The van der Waals surface area contributed by atoms with E-state index >= 15 is 0 Å². The molecule has 0 spiro atoms. The van der Waals surface area contributed by atoms with Crippen LogP contribution in [0.3, 0.4) is 0 Å². The average Bonchev–Trinajstić information content (AvgIpc) is 2.72. The van der Waals surface area contributed by atoms with Gasteiger partial charge in [0.25, 0.3) is 0 Å². The highest BCUT2D eigenvalue weighted by atomic mass is 79.9. The van der Waals surface area contributed by atoms with E-state index in [2.05, 4.69) is 21.2 Å². The predicted octanol–water partition coefficient (Wildman–Crippen LogP) is 2.52. The number of rotatable bonds is 5. The van der Waals surface area contributed by atoms with Gasteiger partial charge in [0.15, 0.2) is 0 Å². The first kappa shape index (κ1) is 15.0. The van der Waals surface area contributed by atoms with Crippen LogP contribution >= 0.6 is 27.3 Å². The first-order chi connectivity index (χ1) is 8.45. The van der Waals surface area contributed by atoms with Crippen LogP contribution in [0.1, 0.15) is 18.2 Å². The van der Waals surface area contributed by atoms with Gasteiger partial charge in [0.05, 0.1) is 6.54 Å². The van der Waals surface area contributed by atoms with Crippen molar-refractivity contribution in [3.8, 4) is 0 Å². The van der Waals surface area contributed by atoms with Crippen LogP contribution in [-0.2, 0) is 11.3 Å². The number of amides is 2. The number of carboxylic acids is 1. The van der Waals surface area contributed by atoms with E-state index < -0.39 is 12.0 Å². The predicted molar refractivity (Wildman–Crippen MR) is 73.7 cm³/mol. The lowest BCUT2D eigenvalue weighted by molar-refractivity contribution is -0.141. The van der Waals surface area contributed by atoms with E-state index in [0.29, 0.717) is 13.0 Å². The van der Waals surface area contributed by atoms with Crippen LogP contribution < -0.4 is 5.32 Å². The van der Waals surface area contributed by atoms with Crippen molar-refractivity contribution in [2.24, 2.45) is 0 Å². The second kappa shape index (κ2) is 6.75. The van der Waals surface area contributed by atoms with Crippen molar-refractivity contribution in [3.63, 3.8) is 0 Å². The third-order valence-electron chi connectivity index (χ3n) is 2.50. The Kier molecular flexibility index (Phi) is 5.61. The van der Waals surface area contributed by atoms with Crippen LogP contribution in [0.4, 0.5) is 4.79 Å². The fraction of sp³-hybridized carbons (Fsp3) is 0.455. The Morgan fingerprint density at radius 1 is 1.61 bits per heavy atom. The molecule has 1 aromatic rings. The summed E-state index contributed by atoms with van der Waals surface area (Å²) < 4.78 is 0.974. The molecule has 2 amide bonds. The minimum Gasteiger partial charge on any atom is -0.480 e. The first-order valence-electron chi connectivity index (χ1n) is 5.42. The molecule has 7 heteroatoms. The number of carbonyl (C=O) groups is 2. The van der Waals surface area contributed by atoms with Gasteiger partial charge in [-0.2, -0.15) is 0 Å². The van der Waals surface area contributed by atoms with Gasteiger partial charge in [-0.05, 0) is 28.4 Å². The van der Waals surface area contributed by atoms with E-state index in [9.17, 15) is 9.59 Å². The molecule has 18 heavy (non-hydrogen) atoms. The van der Waals surface area contributed by atoms with Crippen molar-refractivity contribution in [3.05, 3.63) is 20.8 Å². The molecule has 0 aliphatic carbocycles. The normalized spacial score (nSPS) is 11.9. The standard InChI is InChI=1S/C11H15BrN2O3S/c1-3-9(10(15)16)14(2)11(17)13-5-8-4-7(12)6-18-8/h4,6,9H,3,5H2,1-2H3,(H,13,17)(H,15,16). The molecule has 0 bridgehead atoms. The van der Waals surface area contributed by atoms with Crippen LogP contribution in [0.25, 0.3) is 0 Å². The highest BCUT2D eigenvalue weighted by Crippen LogP contribution is 2.19. The summed E-state index contributed by atoms with van der Waals surface area (Å²) in [6, 6.07) is 0.744. The summed E-state index contributed by atoms with van der Waals surface area (Å²) >= 11 is 4.86. The highest BCUT2D eigenvalue weighted by Gasteiger charge is 2.24. The number of carbonyl (C=O) groups excluding carboxylic acids is 1. The van der Waals surface area contributed by atoms with E-state index in [1.807, 2.05) is 11.4 Å². The van der Waals surface area contributed by atoms with E-state index in [-0.39, 0.29) is 6.03 Å². The molecule has 5 nitrogen and oxygen atoms in total. The van der Waals surface area contributed by atoms with Crippen molar-refractivity contribution in [1.82, 2.24) is 10.2 Å². The molecule has 0 fully saturated rings. The summed E-state index contributed by atoms with van der Waals surface area (Å²) in [6.45, 7) is 2.13. The van der Waals surface area contributed by atoms with Gasteiger partial charge >= 0.3 is 12.0 Å². The SMILES string of the molecule is CCC(C(=O)O)N(C)C(=O)NCc1cc(Br)cs1. The summed E-state index contributed by atoms with van der Waals surface area (Å²) in [5, 5.41) is 13.6. The summed E-state index contributed by atoms with van der Waals surface area (Å²) in [6.07, 6.45) is 0.379. The fourth-order valence-electron chi connectivity index (χ4n) is 1.49. The lowest BCUT2D eigenvalue weighted by Crippen LogP contribution is -2.46. The summed E-state index contributed by atoms with van der Waals surface area (Å²) in [7, 11) is 1.49. The number of hydrogen-bond donors (Lipinski definition) is 2. The molecule has 0 radical (unpaired) electrons. The van der Waals surface area contributed by atoms with Crippen LogP contribution in [0.5, 0.6) is 0 Å². The average molecular weight is 335 g/mol. The quantitative estimate of drug-likeness (QED) is 0.869. The Morgan fingerprint density at radius 3 is 2.72 bits per heavy atom. The van der Waals surface area contributed by atoms with Crippen molar-refractivity contribution >= 4 is 39.3 Å². The van der Waals surface area contributed by atoms with Gasteiger partial charge in [-0.3, -0.25) is 0 Å². The molecule has 1 heterocycles. The van der Waals surface area contributed by atoms with Crippen molar-refractivity contribution in [1.29, 1.82) is 0 Å². The number of aliphatic carboxylic acids is 1. The summed E-state index contributed by atoms with van der Waals surface area (Å²) in [5.74, 6) is -0.992. The lowest BCUT2D eigenvalue weighted by atomic mass is 10.2. The van der Waals surface area contributed by atoms with E-state index in [4.69, 9.17) is 5.11 Å². The smallest absolute Gasteiger partial charge is 0.326 e. The Hall–Kier alpha value is -1.08. The number of urea groups is 1. The molecule has 0 aromatic carbocycles. The van der Waals surface area contributed by atoms with Crippen LogP contribution in [0.15, 0.2) is 15.9 Å². The number of halogens is 1. The molecule has 1 aromatic heterocycles. The molecule has 0 aliphatic rings. The second-order valence-electron chi connectivity index (χ2n) is 3.76. The Bertz CT molecular complexity index is 436. The molecule has 0 aliphatic heterocycles. The molecule has 100 valence electrons. The van der Waals surface area contributed by atoms with Crippen molar-refractivity contribution in [2.75, 3.05) is 7.05 Å². The molecular weight excluding hydrogens is 320 g/mol. The Balaban J connectivity index is 2.52. The topological polar surface area (TPSA) is 69.6 Å². The minimum absolute atomic E-state index is 0.379. The zero-order chi connectivity index (χ0) is 13.7. The van der Waals surface area contributed by atoms with Gasteiger partial charge < -0.3 is 15.3 Å². The van der Waals surface area contributed by atoms with E-state index in [1.165, 1.54) is 23.3 Å². The number of nitrogens with one attached hydrogen (secondary N) is 1. The molecule has 1 atom stereocenters. The molecule has 2 N–H and O–H groups in total. The fourth-order valence-corrected chi connectivity index (χ4v) is 2.88. The van der Waals surface area contributed by atoms with Crippen LogP contribution in [0, 0.1) is 0 Å². The summed E-state index contributed by atoms with van der Waals surface area (Å²) in [4.78, 5) is 24.9. The lowest BCUT2D eigenvalue weighted by Gasteiger charge is -2.23. The van der Waals surface area contributed by atoms with Gasteiger partial charge in [0.2, 0.25) is 0 Å². The van der Waals surface area contributed by atoms with Gasteiger partial charge in [0.1, 0.15) is 6.04 Å². The maximum Gasteiger partial charge on any atom is 0.326 e. The monoisotopic (exact) mass is 334 g/mol. The van der Waals surface area contributed by atoms with Crippen LogP contribution in [0.2, 0.25) is 0 Å². The second-order valence-corrected chi connectivity index (χ2v) is 5.67. The number of nitrogens with zero attached hydrogens (tertiary/aromatic N) is 1. The maximum atomic E-state index is 11.8. The Morgan fingerprint density at radius 2 is 2.28 bits per heavy atom. The molecule has 1 unspecified atom stereocenters. The third-order valence-corrected chi connectivity index (χ3v) is 4.19. The molecular formula is C11H15BrN2O3S. The number of thiophene rings is 1. The van der Waals surface area contributed by atoms with Crippen LogP contribution in [-0.4, -0.2) is 35.1 Å². The minimum atomic E-state index is -0.992. The molecule has 1 rings (SSSR count). The number of carboxylic acid groups (broad SMARTS) is 1. The van der Waals surface area contributed by atoms with Gasteiger partial charge in [0, 0.05) is 21.8 Å². The first-order valence-corrected chi connectivity index (χ1v) is 7.09. The maximum absolute atomic E-state index is 11.8. The molecule has 0 saturated heterocycles. The zero-order valence-corrected chi connectivity index (χ0v) is 12.5.